The van der Waals surface area contributed by atoms with Crippen LogP contribution in [0.1, 0.15) is 12.8 Å². The van der Waals surface area contributed by atoms with E-state index in [-0.39, 0.29) is 25.2 Å². The molecule has 0 radical (unpaired) electrons. The smallest absolute Gasteiger partial charge is 0.320 e. The van der Waals surface area contributed by atoms with Crippen molar-refractivity contribution in [3.8, 4) is 0 Å². The van der Waals surface area contributed by atoms with Gasteiger partial charge in [-0.15, -0.1) is 12.4 Å². The van der Waals surface area contributed by atoms with Crippen LogP contribution < -0.4 is 5.32 Å². The van der Waals surface area contributed by atoms with Gasteiger partial charge in [-0.2, -0.15) is 0 Å². The maximum Gasteiger partial charge on any atom is 0.320 e. The first-order chi connectivity index (χ1) is 5.61. The molecule has 0 amide bonds. The summed E-state index contributed by atoms with van der Waals surface area (Å²) in [5.74, 6) is -1.35. The number of carbonyl (C=O) groups is 2. The molecular formula is C7H14ClNO4. The molecule has 0 spiro atoms. The third-order valence-corrected chi connectivity index (χ3v) is 1.51. The largest absolute Gasteiger partial charge is 0.480 e. The lowest BCUT2D eigenvalue weighted by atomic mass is 10.1. The van der Waals surface area contributed by atoms with E-state index >= 15 is 0 Å². The number of rotatable bonds is 5. The molecule has 0 bridgehead atoms. The molecule has 0 aliphatic rings. The molecule has 78 valence electrons. The summed E-state index contributed by atoms with van der Waals surface area (Å²) >= 11 is 0. The molecule has 13 heavy (non-hydrogen) atoms. The van der Waals surface area contributed by atoms with Crippen molar-refractivity contribution in [1.82, 2.24) is 5.32 Å². The number of methoxy groups -OCH3 is 1. The number of nitrogens with one attached hydrogen (secondary N) is 1. The van der Waals surface area contributed by atoms with Gasteiger partial charge < -0.3 is 15.2 Å². The summed E-state index contributed by atoms with van der Waals surface area (Å²) in [6, 6.07) is -0.677. The maximum atomic E-state index is 10.6. The van der Waals surface area contributed by atoms with Crippen molar-refractivity contribution in [2.75, 3.05) is 14.2 Å². The standard InChI is InChI=1S/C7H13NO4.ClH/c1-8-5(7(10)11)3-4-6(9)12-2;/h5,8H,3-4H2,1-2H3,(H,10,11);1H/t5-;/m1./s1. The zero-order valence-corrected chi connectivity index (χ0v) is 8.39. The molecule has 0 rings (SSSR count). The molecule has 0 heterocycles. The second-order valence-electron chi connectivity index (χ2n) is 2.29. The highest BCUT2D eigenvalue weighted by atomic mass is 35.5. The van der Waals surface area contributed by atoms with Crippen LogP contribution in [-0.4, -0.2) is 37.2 Å². The highest BCUT2D eigenvalue weighted by Crippen LogP contribution is 1.98. The van der Waals surface area contributed by atoms with Crippen molar-refractivity contribution in [2.24, 2.45) is 0 Å². The van der Waals surface area contributed by atoms with E-state index in [9.17, 15) is 9.59 Å². The lowest BCUT2D eigenvalue weighted by Crippen LogP contribution is -2.34. The molecular weight excluding hydrogens is 198 g/mol. The van der Waals surface area contributed by atoms with Crippen LogP contribution in [0.5, 0.6) is 0 Å². The van der Waals surface area contributed by atoms with Crippen LogP contribution in [0.25, 0.3) is 0 Å². The average Bonchev–Trinajstić information content (AvgIpc) is 2.04. The second kappa shape index (κ2) is 7.82. The van der Waals surface area contributed by atoms with Gasteiger partial charge in [0.15, 0.2) is 0 Å². The number of ether oxygens (including phenoxy) is 1. The van der Waals surface area contributed by atoms with Crippen LogP contribution in [0.3, 0.4) is 0 Å². The minimum Gasteiger partial charge on any atom is -0.480 e. The molecule has 0 aromatic rings. The summed E-state index contributed by atoms with van der Waals surface area (Å²) in [6.45, 7) is 0. The van der Waals surface area contributed by atoms with Gasteiger partial charge in [0.05, 0.1) is 7.11 Å². The quantitative estimate of drug-likeness (QED) is 0.628. The zero-order valence-electron chi connectivity index (χ0n) is 7.57. The van der Waals surface area contributed by atoms with Crippen molar-refractivity contribution >= 4 is 24.3 Å². The first-order valence-corrected chi connectivity index (χ1v) is 3.58. The number of likely N-dealkylation sites (N-methyl/N-ethyl adjacent to an activating group) is 1. The third kappa shape index (κ3) is 6.36. The number of hydrogen-bond donors (Lipinski definition) is 2. The number of carbonyl (C=O) groups excluding carboxylic acids is 1. The second-order valence-corrected chi connectivity index (χ2v) is 2.29. The lowest BCUT2D eigenvalue weighted by Gasteiger charge is -2.08. The van der Waals surface area contributed by atoms with E-state index in [1.807, 2.05) is 0 Å². The van der Waals surface area contributed by atoms with Crippen molar-refractivity contribution in [3.05, 3.63) is 0 Å². The summed E-state index contributed by atoms with van der Waals surface area (Å²) < 4.78 is 4.37. The van der Waals surface area contributed by atoms with E-state index in [0.717, 1.165) is 0 Å². The number of carboxylic acids is 1. The van der Waals surface area contributed by atoms with E-state index in [4.69, 9.17) is 5.11 Å². The molecule has 0 saturated heterocycles. The minimum atomic E-state index is -0.957. The summed E-state index contributed by atoms with van der Waals surface area (Å²) in [7, 11) is 2.81. The Labute approximate surface area is 82.9 Å². The maximum absolute atomic E-state index is 10.6. The summed E-state index contributed by atoms with van der Waals surface area (Å²) in [4.78, 5) is 21.0. The normalized spacial score (nSPS) is 11.2. The van der Waals surface area contributed by atoms with Gasteiger partial charge >= 0.3 is 11.9 Å². The van der Waals surface area contributed by atoms with Crippen LogP contribution >= 0.6 is 12.4 Å². The highest BCUT2D eigenvalue weighted by Gasteiger charge is 2.15. The predicted octanol–water partition coefficient (Wildman–Crippen LogP) is 0.0340. The van der Waals surface area contributed by atoms with Gasteiger partial charge in [-0.25, -0.2) is 0 Å². The molecule has 1 atom stereocenters. The van der Waals surface area contributed by atoms with Crippen LogP contribution in [0.2, 0.25) is 0 Å². The fraction of sp³-hybridized carbons (Fsp3) is 0.714. The Morgan fingerprint density at radius 3 is 2.38 bits per heavy atom. The Morgan fingerprint density at radius 1 is 1.54 bits per heavy atom. The molecule has 0 fully saturated rings. The molecule has 0 unspecified atom stereocenters. The van der Waals surface area contributed by atoms with Crippen LogP contribution in [0.4, 0.5) is 0 Å². The number of carboxylic acid groups (broad SMARTS) is 1. The molecule has 0 aromatic heterocycles. The summed E-state index contributed by atoms with van der Waals surface area (Å²) in [5.41, 5.74) is 0. The number of hydrogen-bond acceptors (Lipinski definition) is 4. The van der Waals surface area contributed by atoms with Crippen LogP contribution in [0, 0.1) is 0 Å². The van der Waals surface area contributed by atoms with E-state index in [1.54, 1.807) is 0 Å². The van der Waals surface area contributed by atoms with Crippen LogP contribution in [0.15, 0.2) is 0 Å². The van der Waals surface area contributed by atoms with Gasteiger partial charge in [0.25, 0.3) is 0 Å². The summed E-state index contributed by atoms with van der Waals surface area (Å²) in [6.07, 6.45) is 0.368. The van der Waals surface area contributed by atoms with Crippen molar-refractivity contribution in [1.29, 1.82) is 0 Å². The molecule has 0 aliphatic carbocycles. The Morgan fingerprint density at radius 2 is 2.08 bits per heavy atom. The van der Waals surface area contributed by atoms with E-state index in [1.165, 1.54) is 14.2 Å². The molecule has 0 saturated carbocycles. The Bertz CT molecular complexity index is 174. The monoisotopic (exact) mass is 211 g/mol. The summed E-state index contributed by atoms with van der Waals surface area (Å²) in [5, 5.41) is 11.1. The lowest BCUT2D eigenvalue weighted by molar-refractivity contribution is -0.142. The van der Waals surface area contributed by atoms with Gasteiger partial charge in [-0.3, -0.25) is 9.59 Å². The Kier molecular flexibility index (Phi) is 8.84. The minimum absolute atomic E-state index is 0. The number of esters is 1. The van der Waals surface area contributed by atoms with Gasteiger partial charge in [-0.05, 0) is 13.5 Å². The molecule has 5 nitrogen and oxygen atoms in total. The number of aliphatic carboxylic acids is 1. The van der Waals surface area contributed by atoms with Gasteiger partial charge in [0.2, 0.25) is 0 Å². The SMILES string of the molecule is CN[C@H](CCC(=O)OC)C(=O)O.Cl. The highest BCUT2D eigenvalue weighted by molar-refractivity contribution is 5.85. The Balaban J connectivity index is 0. The van der Waals surface area contributed by atoms with Crippen LogP contribution in [-0.2, 0) is 14.3 Å². The fourth-order valence-corrected chi connectivity index (χ4v) is 0.756. The topological polar surface area (TPSA) is 75.6 Å². The molecule has 0 aliphatic heterocycles. The van der Waals surface area contributed by atoms with E-state index in [0.29, 0.717) is 0 Å². The molecule has 0 aromatic carbocycles. The van der Waals surface area contributed by atoms with Gasteiger partial charge in [0, 0.05) is 6.42 Å². The fourth-order valence-electron chi connectivity index (χ4n) is 0.756. The predicted molar refractivity (Wildman–Crippen MR) is 49.0 cm³/mol. The van der Waals surface area contributed by atoms with Crippen molar-refractivity contribution in [3.63, 3.8) is 0 Å². The van der Waals surface area contributed by atoms with E-state index < -0.39 is 18.0 Å². The van der Waals surface area contributed by atoms with Crippen molar-refractivity contribution in [2.45, 2.75) is 18.9 Å². The van der Waals surface area contributed by atoms with Gasteiger partial charge in [-0.1, -0.05) is 0 Å². The first kappa shape index (κ1) is 14.7. The third-order valence-electron chi connectivity index (χ3n) is 1.51. The van der Waals surface area contributed by atoms with Crippen molar-refractivity contribution < 1.29 is 19.4 Å². The first-order valence-electron chi connectivity index (χ1n) is 3.58. The average molecular weight is 212 g/mol. The molecule has 6 heteroatoms. The number of halogens is 1. The zero-order chi connectivity index (χ0) is 9.56. The Hall–Kier alpha value is -0.810. The van der Waals surface area contributed by atoms with E-state index in [2.05, 4.69) is 10.1 Å². The molecule has 2 N–H and O–H groups in total. The van der Waals surface area contributed by atoms with Gasteiger partial charge in [0.1, 0.15) is 6.04 Å².